The Hall–Kier alpha value is -1.78. The van der Waals surface area contributed by atoms with Crippen LogP contribution in [0.4, 0.5) is 4.39 Å². The largest absolute Gasteiger partial charge is 0.340 e. The summed E-state index contributed by atoms with van der Waals surface area (Å²) in [5.41, 5.74) is 0.259. The van der Waals surface area contributed by atoms with E-state index in [1.807, 2.05) is 0 Å². The maximum Gasteiger partial charge on any atom is 0.266 e. The second kappa shape index (κ2) is 7.92. The lowest BCUT2D eigenvalue weighted by Gasteiger charge is -2.30. The van der Waals surface area contributed by atoms with Gasteiger partial charge in [-0.1, -0.05) is 42.2 Å². The van der Waals surface area contributed by atoms with Crippen LogP contribution >= 0.6 is 24.0 Å². The molecule has 3 rings (SSSR count). The average molecular weight is 443 g/mol. The number of nitrogens with zero attached hydrogens (tertiary/aromatic N) is 2. The number of carbonyl (C=O) groups is 2. The van der Waals surface area contributed by atoms with Crippen LogP contribution in [0.3, 0.4) is 0 Å². The van der Waals surface area contributed by atoms with Gasteiger partial charge in [-0.2, -0.15) is 0 Å². The fraction of sp³-hybridized carbons (Fsp3) is 0.389. The summed E-state index contributed by atoms with van der Waals surface area (Å²) >= 11 is 6.27. The van der Waals surface area contributed by atoms with Crippen molar-refractivity contribution in [1.82, 2.24) is 9.80 Å². The predicted molar refractivity (Wildman–Crippen MR) is 111 cm³/mol. The monoisotopic (exact) mass is 442 g/mol. The third-order valence-electron chi connectivity index (χ3n) is 4.86. The van der Waals surface area contributed by atoms with Crippen molar-refractivity contribution < 1.29 is 22.4 Å². The molecule has 150 valence electrons. The summed E-state index contributed by atoms with van der Waals surface area (Å²) in [5, 5.41) is 0. The number of likely N-dealkylation sites (N-methyl/N-ethyl adjacent to an activating group) is 1. The van der Waals surface area contributed by atoms with Crippen LogP contribution in [-0.2, 0) is 19.4 Å². The molecule has 10 heteroatoms. The highest BCUT2D eigenvalue weighted by atomic mass is 32.2. The molecule has 2 amide bonds. The van der Waals surface area contributed by atoms with Gasteiger partial charge in [0.25, 0.3) is 5.91 Å². The van der Waals surface area contributed by atoms with Crippen molar-refractivity contribution in [2.24, 2.45) is 0 Å². The summed E-state index contributed by atoms with van der Waals surface area (Å²) in [6, 6.07) is 4.76. The van der Waals surface area contributed by atoms with E-state index in [1.165, 1.54) is 29.0 Å². The van der Waals surface area contributed by atoms with Crippen molar-refractivity contribution in [3.05, 3.63) is 40.6 Å². The molecule has 0 bridgehead atoms. The molecule has 2 saturated heterocycles. The van der Waals surface area contributed by atoms with Crippen LogP contribution in [-0.4, -0.2) is 65.0 Å². The third-order valence-corrected chi connectivity index (χ3v) is 7.94. The van der Waals surface area contributed by atoms with Crippen LogP contribution in [0.15, 0.2) is 29.2 Å². The van der Waals surface area contributed by atoms with Crippen molar-refractivity contribution >= 4 is 56.0 Å². The first kappa shape index (κ1) is 20.9. The minimum absolute atomic E-state index is 0.0517. The summed E-state index contributed by atoms with van der Waals surface area (Å²) < 4.78 is 37.4. The molecule has 0 aliphatic carbocycles. The van der Waals surface area contributed by atoms with E-state index >= 15 is 0 Å². The lowest BCUT2D eigenvalue weighted by molar-refractivity contribution is -0.139. The molecule has 6 nitrogen and oxygen atoms in total. The zero-order chi connectivity index (χ0) is 20.6. The number of amides is 2. The second-order valence-electron chi connectivity index (χ2n) is 6.76. The van der Waals surface area contributed by atoms with E-state index in [2.05, 4.69) is 0 Å². The maximum absolute atomic E-state index is 13.9. The van der Waals surface area contributed by atoms with Gasteiger partial charge in [-0.05, 0) is 25.5 Å². The van der Waals surface area contributed by atoms with Crippen molar-refractivity contribution in [2.75, 3.05) is 18.6 Å². The lowest BCUT2D eigenvalue weighted by Crippen LogP contribution is -2.50. The molecule has 0 spiro atoms. The number of hydrogen-bond donors (Lipinski definition) is 0. The van der Waals surface area contributed by atoms with Gasteiger partial charge in [0, 0.05) is 18.7 Å². The van der Waals surface area contributed by atoms with E-state index in [4.69, 9.17) is 12.2 Å². The van der Waals surface area contributed by atoms with E-state index in [0.29, 0.717) is 6.42 Å². The number of hydrogen-bond acceptors (Lipinski definition) is 6. The summed E-state index contributed by atoms with van der Waals surface area (Å²) in [7, 11) is -1.60. The fourth-order valence-corrected chi connectivity index (χ4v) is 6.40. The normalized spacial score (nSPS) is 24.0. The Kier molecular flexibility index (Phi) is 5.92. The van der Waals surface area contributed by atoms with Crippen LogP contribution in [0.5, 0.6) is 0 Å². The van der Waals surface area contributed by atoms with Gasteiger partial charge in [0.2, 0.25) is 5.91 Å². The minimum atomic E-state index is -3.14. The summed E-state index contributed by atoms with van der Waals surface area (Å²) in [5.74, 6) is -1.33. The highest BCUT2D eigenvalue weighted by Gasteiger charge is 2.41. The fourth-order valence-electron chi connectivity index (χ4n) is 3.21. The Morgan fingerprint density at radius 1 is 1.43 bits per heavy atom. The molecule has 1 aromatic carbocycles. The van der Waals surface area contributed by atoms with Gasteiger partial charge in [-0.3, -0.25) is 14.5 Å². The first-order valence-electron chi connectivity index (χ1n) is 8.59. The van der Waals surface area contributed by atoms with Gasteiger partial charge in [0.1, 0.15) is 16.2 Å². The van der Waals surface area contributed by atoms with E-state index in [0.717, 1.165) is 11.8 Å². The summed E-state index contributed by atoms with van der Waals surface area (Å²) in [4.78, 5) is 28.4. The Morgan fingerprint density at radius 3 is 2.71 bits per heavy atom. The van der Waals surface area contributed by atoms with Crippen molar-refractivity contribution in [3.8, 4) is 0 Å². The van der Waals surface area contributed by atoms with Gasteiger partial charge in [-0.25, -0.2) is 12.8 Å². The summed E-state index contributed by atoms with van der Waals surface area (Å²) in [6.45, 7) is 1.55. The Bertz CT molecular complexity index is 977. The number of sulfone groups is 1. The molecule has 2 aliphatic rings. The maximum atomic E-state index is 13.9. The molecule has 2 aliphatic heterocycles. The van der Waals surface area contributed by atoms with Crippen LogP contribution < -0.4 is 0 Å². The zero-order valence-electron chi connectivity index (χ0n) is 15.3. The zero-order valence-corrected chi connectivity index (χ0v) is 17.7. The first-order valence-corrected chi connectivity index (χ1v) is 11.6. The first-order chi connectivity index (χ1) is 13.1. The SMILES string of the molecule is C[C@H](C(=O)N(C)[C@@H]1CCS(=O)(=O)C1)N1C(=O)/C(=C/c2ccccc2F)SC1=S. The van der Waals surface area contributed by atoms with Crippen LogP contribution in [0.2, 0.25) is 0 Å². The average Bonchev–Trinajstić information content (AvgIpc) is 3.14. The molecular weight excluding hydrogens is 423 g/mol. The molecule has 0 radical (unpaired) electrons. The highest BCUT2D eigenvalue weighted by Crippen LogP contribution is 2.34. The standard InChI is InChI=1S/C18H19FN2O4S3/c1-11(16(22)20(2)13-7-8-28(24,25)10-13)21-17(23)15(27-18(21)26)9-12-5-3-4-6-14(12)19/h3-6,9,11,13H,7-8,10H2,1-2H3/b15-9-/t11-,13-/m1/s1. The van der Waals surface area contributed by atoms with E-state index in [9.17, 15) is 22.4 Å². The predicted octanol–water partition coefficient (Wildman–Crippen LogP) is 2.06. The Balaban J connectivity index is 1.77. The number of carbonyl (C=O) groups excluding carboxylic acids is 2. The number of thiocarbonyl (C=S) groups is 1. The van der Waals surface area contributed by atoms with Crippen molar-refractivity contribution in [1.29, 1.82) is 0 Å². The number of rotatable bonds is 4. The van der Waals surface area contributed by atoms with E-state index < -0.39 is 33.6 Å². The smallest absolute Gasteiger partial charge is 0.266 e. The quantitative estimate of drug-likeness (QED) is 0.525. The molecule has 0 aromatic heterocycles. The van der Waals surface area contributed by atoms with Crippen LogP contribution in [0.25, 0.3) is 6.08 Å². The van der Waals surface area contributed by atoms with Gasteiger partial charge in [0.05, 0.1) is 16.4 Å². The van der Waals surface area contributed by atoms with Gasteiger partial charge in [0.15, 0.2) is 9.84 Å². The van der Waals surface area contributed by atoms with Crippen LogP contribution in [0, 0.1) is 5.82 Å². The summed E-state index contributed by atoms with van der Waals surface area (Å²) in [6.07, 6.45) is 1.79. The topological polar surface area (TPSA) is 74.8 Å². The molecule has 0 N–H and O–H groups in total. The Labute approximate surface area is 172 Å². The Morgan fingerprint density at radius 2 is 2.11 bits per heavy atom. The van der Waals surface area contributed by atoms with E-state index in [1.54, 1.807) is 25.1 Å². The second-order valence-corrected chi connectivity index (χ2v) is 10.7. The lowest BCUT2D eigenvalue weighted by atomic mass is 10.1. The molecular formula is C18H19FN2O4S3. The van der Waals surface area contributed by atoms with Crippen molar-refractivity contribution in [3.63, 3.8) is 0 Å². The molecule has 2 fully saturated rings. The molecule has 1 aromatic rings. The third kappa shape index (κ3) is 4.13. The van der Waals surface area contributed by atoms with Gasteiger partial charge in [-0.15, -0.1) is 0 Å². The minimum Gasteiger partial charge on any atom is -0.340 e. The van der Waals surface area contributed by atoms with Gasteiger partial charge >= 0.3 is 0 Å². The molecule has 2 atom stereocenters. The molecule has 2 heterocycles. The number of benzene rings is 1. The van der Waals surface area contributed by atoms with Gasteiger partial charge < -0.3 is 4.90 Å². The van der Waals surface area contributed by atoms with Crippen LogP contribution in [0.1, 0.15) is 18.9 Å². The van der Waals surface area contributed by atoms with E-state index in [-0.39, 0.29) is 32.2 Å². The molecule has 28 heavy (non-hydrogen) atoms. The van der Waals surface area contributed by atoms with Crippen molar-refractivity contribution in [2.45, 2.75) is 25.4 Å². The molecule has 0 unspecified atom stereocenters. The number of halogens is 1. The number of thioether (sulfide) groups is 1. The highest BCUT2D eigenvalue weighted by molar-refractivity contribution is 8.26. The molecule has 0 saturated carbocycles.